The van der Waals surface area contributed by atoms with Crippen molar-refractivity contribution in [3.8, 4) is 0 Å². The number of imide groups is 2. The molecule has 146 valence electrons. The Bertz CT molecular complexity index is 700. The number of hydrogen-bond acceptors (Lipinski definition) is 6. The highest BCUT2D eigenvalue weighted by molar-refractivity contribution is 6.12. The number of amides is 4. The van der Waals surface area contributed by atoms with Crippen LogP contribution in [0.1, 0.15) is 38.5 Å². The molecular weight excluding hydrogens is 348 g/mol. The summed E-state index contributed by atoms with van der Waals surface area (Å²) in [5, 5.41) is 5.50. The van der Waals surface area contributed by atoms with Crippen LogP contribution < -0.4 is 16.4 Å². The smallest absolute Gasteiger partial charge is 0.249 e. The number of allylic oxidation sites excluding steroid dienone is 1. The molecule has 8 heteroatoms. The Morgan fingerprint density at radius 1 is 1.07 bits per heavy atom. The van der Waals surface area contributed by atoms with Gasteiger partial charge in [-0.2, -0.15) is 0 Å². The summed E-state index contributed by atoms with van der Waals surface area (Å²) in [5.74, 6) is -2.84. The maximum Gasteiger partial charge on any atom is 0.249 e. The lowest BCUT2D eigenvalue weighted by Crippen LogP contribution is -2.54. The molecule has 3 atom stereocenters. The van der Waals surface area contributed by atoms with Gasteiger partial charge in [-0.25, -0.2) is 0 Å². The van der Waals surface area contributed by atoms with Gasteiger partial charge in [-0.1, -0.05) is 18.9 Å². The molecule has 2 fully saturated rings. The van der Waals surface area contributed by atoms with Crippen LogP contribution in [-0.4, -0.2) is 47.7 Å². The van der Waals surface area contributed by atoms with E-state index in [-0.39, 0.29) is 30.6 Å². The van der Waals surface area contributed by atoms with Gasteiger partial charge in [0.05, 0.1) is 11.8 Å². The van der Waals surface area contributed by atoms with Crippen molar-refractivity contribution in [2.24, 2.45) is 17.6 Å². The molecular formula is C19H26N4O4. The Labute approximate surface area is 158 Å². The van der Waals surface area contributed by atoms with Crippen molar-refractivity contribution < 1.29 is 19.2 Å². The number of fused-ring (bicyclic) bond motifs is 1. The molecule has 3 unspecified atom stereocenters. The third kappa shape index (κ3) is 4.10. The molecule has 1 aliphatic carbocycles. The molecule has 0 aromatic carbocycles. The van der Waals surface area contributed by atoms with Gasteiger partial charge in [0, 0.05) is 18.7 Å². The number of unbranched alkanes of at least 4 members (excludes halogenated alkanes) is 3. The molecule has 8 nitrogen and oxygen atoms in total. The van der Waals surface area contributed by atoms with Crippen LogP contribution in [0.5, 0.6) is 0 Å². The van der Waals surface area contributed by atoms with E-state index in [1.807, 2.05) is 6.08 Å². The van der Waals surface area contributed by atoms with Crippen molar-refractivity contribution in [1.82, 2.24) is 15.5 Å². The fourth-order valence-electron chi connectivity index (χ4n) is 3.78. The van der Waals surface area contributed by atoms with Crippen molar-refractivity contribution in [1.29, 1.82) is 0 Å². The van der Waals surface area contributed by atoms with E-state index in [1.54, 1.807) is 12.2 Å². The second-order valence-corrected chi connectivity index (χ2v) is 7.18. The summed E-state index contributed by atoms with van der Waals surface area (Å²) >= 11 is 0. The third-order valence-electron chi connectivity index (χ3n) is 5.26. The number of carbonyl (C=O) groups excluding carboxylic acids is 4. The quantitative estimate of drug-likeness (QED) is 0.405. The van der Waals surface area contributed by atoms with Crippen LogP contribution in [0.25, 0.3) is 0 Å². The highest BCUT2D eigenvalue weighted by Crippen LogP contribution is 2.35. The highest BCUT2D eigenvalue weighted by Gasteiger charge is 2.51. The number of nitrogens with zero attached hydrogens (tertiary/aromatic N) is 1. The zero-order valence-electron chi connectivity index (χ0n) is 15.3. The molecule has 0 radical (unpaired) electrons. The van der Waals surface area contributed by atoms with Crippen LogP contribution in [0.3, 0.4) is 0 Å². The molecule has 0 saturated carbocycles. The van der Waals surface area contributed by atoms with Crippen molar-refractivity contribution in [3.05, 3.63) is 23.9 Å². The van der Waals surface area contributed by atoms with Gasteiger partial charge < -0.3 is 11.1 Å². The summed E-state index contributed by atoms with van der Waals surface area (Å²) in [4.78, 5) is 49.9. The Kier molecular flexibility index (Phi) is 6.05. The third-order valence-corrected chi connectivity index (χ3v) is 5.26. The van der Waals surface area contributed by atoms with Gasteiger partial charge in [-0.05, 0) is 38.0 Å². The van der Waals surface area contributed by atoms with E-state index in [9.17, 15) is 19.2 Å². The molecule has 2 aliphatic heterocycles. The molecule has 4 amide bonds. The summed E-state index contributed by atoms with van der Waals surface area (Å²) in [6, 6.07) is -0.894. The first-order chi connectivity index (χ1) is 13.0. The number of hydrogen-bond donors (Lipinski definition) is 3. The first-order valence-electron chi connectivity index (χ1n) is 9.57. The molecule has 0 spiro atoms. The summed E-state index contributed by atoms with van der Waals surface area (Å²) in [6.07, 6.45) is 9.87. The maximum atomic E-state index is 12.8. The minimum absolute atomic E-state index is 0.130. The molecule has 0 aromatic heterocycles. The van der Waals surface area contributed by atoms with Crippen molar-refractivity contribution >= 4 is 23.6 Å². The van der Waals surface area contributed by atoms with E-state index in [0.717, 1.165) is 42.8 Å². The van der Waals surface area contributed by atoms with E-state index >= 15 is 0 Å². The molecule has 3 rings (SSSR count). The van der Waals surface area contributed by atoms with Crippen LogP contribution in [0.4, 0.5) is 0 Å². The van der Waals surface area contributed by atoms with Gasteiger partial charge in [0.15, 0.2) is 0 Å². The van der Waals surface area contributed by atoms with Crippen molar-refractivity contribution in [3.63, 3.8) is 0 Å². The van der Waals surface area contributed by atoms with E-state index in [4.69, 9.17) is 5.73 Å². The normalized spacial score (nSPS) is 27.5. The van der Waals surface area contributed by atoms with Crippen LogP contribution in [0, 0.1) is 11.8 Å². The zero-order valence-corrected chi connectivity index (χ0v) is 15.3. The number of carbonyl (C=O) groups is 4. The Balaban J connectivity index is 1.60. The molecule has 0 bridgehead atoms. The second-order valence-electron chi connectivity index (χ2n) is 7.18. The number of rotatable bonds is 8. The Morgan fingerprint density at radius 2 is 1.81 bits per heavy atom. The molecule has 0 aromatic rings. The van der Waals surface area contributed by atoms with Crippen LogP contribution in [0.15, 0.2) is 23.9 Å². The van der Waals surface area contributed by atoms with Gasteiger partial charge >= 0.3 is 0 Å². The number of piperidine rings is 1. The van der Waals surface area contributed by atoms with Gasteiger partial charge in [-0.3, -0.25) is 29.4 Å². The minimum Gasteiger partial charge on any atom is -0.385 e. The summed E-state index contributed by atoms with van der Waals surface area (Å²) in [7, 11) is 0. The first kappa shape index (κ1) is 19.3. The predicted octanol–water partition coefficient (Wildman–Crippen LogP) is -0.0448. The lowest BCUT2D eigenvalue weighted by molar-refractivity contribution is -0.151. The molecule has 2 saturated heterocycles. The largest absolute Gasteiger partial charge is 0.385 e. The Morgan fingerprint density at radius 3 is 2.56 bits per heavy atom. The lowest BCUT2D eigenvalue weighted by atomic mass is 9.90. The standard InChI is InChI=1S/C19H26N4O4/c20-9-3-1-2-4-10-21-12-5-6-13-14(11-12)19(27)23(18(13)26)15-7-8-16(24)22-17(15)25/h5-6,11,13-15,21H,1-4,7-10,20H2,(H,22,24,25). The van der Waals surface area contributed by atoms with Crippen molar-refractivity contribution in [2.45, 2.75) is 44.6 Å². The fourth-order valence-corrected chi connectivity index (χ4v) is 3.78. The van der Waals surface area contributed by atoms with E-state index in [1.165, 1.54) is 0 Å². The topological polar surface area (TPSA) is 122 Å². The van der Waals surface area contributed by atoms with E-state index < -0.39 is 23.8 Å². The molecule has 3 aliphatic rings. The second kappa shape index (κ2) is 8.47. The summed E-state index contributed by atoms with van der Waals surface area (Å²) in [6.45, 7) is 1.50. The Hall–Kier alpha value is -2.48. The first-order valence-corrected chi connectivity index (χ1v) is 9.57. The molecule has 4 N–H and O–H groups in total. The van der Waals surface area contributed by atoms with Gasteiger partial charge in [0.2, 0.25) is 23.6 Å². The monoisotopic (exact) mass is 374 g/mol. The zero-order chi connectivity index (χ0) is 19.4. The fraction of sp³-hybridized carbons (Fsp3) is 0.579. The lowest BCUT2D eigenvalue weighted by Gasteiger charge is -2.28. The molecule has 27 heavy (non-hydrogen) atoms. The number of nitrogens with one attached hydrogen (secondary N) is 2. The van der Waals surface area contributed by atoms with E-state index in [2.05, 4.69) is 10.6 Å². The van der Waals surface area contributed by atoms with E-state index in [0.29, 0.717) is 6.54 Å². The maximum absolute atomic E-state index is 12.8. The van der Waals surface area contributed by atoms with Gasteiger partial charge in [-0.15, -0.1) is 0 Å². The minimum atomic E-state index is -0.894. The van der Waals surface area contributed by atoms with Crippen molar-refractivity contribution in [2.75, 3.05) is 13.1 Å². The predicted molar refractivity (Wildman–Crippen MR) is 97.8 cm³/mol. The number of likely N-dealkylation sites (tertiary alicyclic amines) is 1. The average Bonchev–Trinajstić information content (AvgIpc) is 2.89. The molecule has 2 heterocycles. The van der Waals surface area contributed by atoms with Gasteiger partial charge in [0.1, 0.15) is 6.04 Å². The highest BCUT2D eigenvalue weighted by atomic mass is 16.2. The SMILES string of the molecule is NCCCCCCNC1=CC2C(=O)N(C3CCC(=O)NC3=O)C(=O)C2C=C1. The number of nitrogens with two attached hydrogens (primary N) is 1. The van der Waals surface area contributed by atoms with Crippen LogP contribution in [-0.2, 0) is 19.2 Å². The van der Waals surface area contributed by atoms with Crippen LogP contribution >= 0.6 is 0 Å². The van der Waals surface area contributed by atoms with Gasteiger partial charge in [0.25, 0.3) is 0 Å². The average molecular weight is 374 g/mol. The van der Waals surface area contributed by atoms with Crippen LogP contribution in [0.2, 0.25) is 0 Å². The summed E-state index contributed by atoms with van der Waals surface area (Å²) < 4.78 is 0. The summed E-state index contributed by atoms with van der Waals surface area (Å²) in [5.41, 5.74) is 6.30.